The molecule has 0 bridgehead atoms. The molecule has 8 nitrogen and oxygen atoms in total. The first kappa shape index (κ1) is 14.2. The van der Waals surface area contributed by atoms with Crippen LogP contribution >= 0.6 is 0 Å². The van der Waals surface area contributed by atoms with E-state index >= 15 is 0 Å². The van der Waals surface area contributed by atoms with Gasteiger partial charge in [0.25, 0.3) is 0 Å². The highest BCUT2D eigenvalue weighted by atomic mass is 16.5. The van der Waals surface area contributed by atoms with Crippen LogP contribution in [0.25, 0.3) is 11.3 Å². The number of phenolic OH excluding ortho intramolecular Hbond substituents is 1. The van der Waals surface area contributed by atoms with Crippen LogP contribution in [-0.2, 0) is 0 Å². The van der Waals surface area contributed by atoms with Crippen molar-refractivity contribution in [2.75, 3.05) is 25.7 Å². The molecule has 1 aromatic heterocycles. The maximum Gasteiger partial charge on any atom is 0.222 e. The second kappa shape index (κ2) is 5.42. The van der Waals surface area contributed by atoms with E-state index in [1.54, 1.807) is 0 Å². The first-order chi connectivity index (χ1) is 10.0. The van der Waals surface area contributed by atoms with Gasteiger partial charge in [0, 0.05) is 5.56 Å². The SMILES string of the molecule is COc1cc(-c2nc(N)nc(N)c2C#N)cc(OC)c1O. The largest absolute Gasteiger partial charge is 0.502 e. The van der Waals surface area contributed by atoms with Gasteiger partial charge in [-0.15, -0.1) is 0 Å². The van der Waals surface area contributed by atoms with E-state index in [4.69, 9.17) is 20.9 Å². The summed E-state index contributed by atoms with van der Waals surface area (Å²) in [6.07, 6.45) is 0. The standard InChI is InChI=1S/C13H13N5O3/c1-20-8-3-6(4-9(21-2)11(8)19)10-7(5-14)12(15)18-13(16)17-10/h3-4,19H,1-2H3,(H4,15,16,17,18). The van der Waals surface area contributed by atoms with E-state index < -0.39 is 0 Å². The van der Waals surface area contributed by atoms with Crippen LogP contribution in [0, 0.1) is 11.3 Å². The van der Waals surface area contributed by atoms with Crippen molar-refractivity contribution in [2.45, 2.75) is 0 Å². The fourth-order valence-corrected chi connectivity index (χ4v) is 1.85. The van der Waals surface area contributed by atoms with Gasteiger partial charge in [0.05, 0.1) is 19.9 Å². The highest BCUT2D eigenvalue weighted by molar-refractivity contribution is 5.76. The molecule has 0 saturated heterocycles. The Balaban J connectivity index is 2.76. The lowest BCUT2D eigenvalue weighted by Gasteiger charge is -2.12. The van der Waals surface area contributed by atoms with Gasteiger partial charge in [-0.05, 0) is 12.1 Å². The Morgan fingerprint density at radius 3 is 2.19 bits per heavy atom. The van der Waals surface area contributed by atoms with Gasteiger partial charge in [0.2, 0.25) is 11.7 Å². The van der Waals surface area contributed by atoms with Gasteiger partial charge >= 0.3 is 0 Å². The number of benzene rings is 1. The van der Waals surface area contributed by atoms with E-state index in [9.17, 15) is 10.4 Å². The van der Waals surface area contributed by atoms with Gasteiger partial charge in [-0.1, -0.05) is 0 Å². The zero-order valence-electron chi connectivity index (χ0n) is 11.4. The van der Waals surface area contributed by atoms with Crippen molar-refractivity contribution in [3.8, 4) is 34.6 Å². The predicted molar refractivity (Wildman–Crippen MR) is 75.8 cm³/mol. The van der Waals surface area contributed by atoms with Gasteiger partial charge in [0.15, 0.2) is 11.5 Å². The molecule has 21 heavy (non-hydrogen) atoms. The molecule has 5 N–H and O–H groups in total. The Kier molecular flexibility index (Phi) is 3.67. The monoisotopic (exact) mass is 287 g/mol. The molecular formula is C13H13N5O3. The predicted octanol–water partition coefficient (Wildman–Crippen LogP) is 0.902. The Morgan fingerprint density at radius 2 is 1.71 bits per heavy atom. The molecule has 0 atom stereocenters. The second-order valence-corrected chi connectivity index (χ2v) is 4.03. The van der Waals surface area contributed by atoms with Crippen molar-refractivity contribution in [3.63, 3.8) is 0 Å². The minimum atomic E-state index is -0.155. The smallest absolute Gasteiger partial charge is 0.222 e. The first-order valence-electron chi connectivity index (χ1n) is 5.80. The number of anilines is 2. The summed E-state index contributed by atoms with van der Waals surface area (Å²) in [5, 5.41) is 19.1. The third kappa shape index (κ3) is 2.44. The molecule has 2 aromatic rings. The van der Waals surface area contributed by atoms with Crippen LogP contribution in [0.5, 0.6) is 17.2 Å². The quantitative estimate of drug-likeness (QED) is 0.756. The van der Waals surface area contributed by atoms with Gasteiger partial charge < -0.3 is 26.0 Å². The average molecular weight is 287 g/mol. The Labute approximate surface area is 120 Å². The summed E-state index contributed by atoms with van der Waals surface area (Å²) in [5.41, 5.74) is 12.0. The maximum absolute atomic E-state index is 9.90. The lowest BCUT2D eigenvalue weighted by Crippen LogP contribution is -2.05. The van der Waals surface area contributed by atoms with E-state index in [1.165, 1.54) is 26.4 Å². The van der Waals surface area contributed by atoms with Crippen LogP contribution in [0.1, 0.15) is 5.56 Å². The summed E-state index contributed by atoms with van der Waals surface area (Å²) in [5.74, 6) is 0.101. The molecule has 0 aliphatic heterocycles. The molecular weight excluding hydrogens is 274 g/mol. The molecule has 0 spiro atoms. The molecule has 0 fully saturated rings. The Bertz CT molecular complexity index is 714. The summed E-state index contributed by atoms with van der Waals surface area (Å²) in [6, 6.07) is 4.93. The van der Waals surface area contributed by atoms with Crippen molar-refractivity contribution >= 4 is 11.8 Å². The third-order valence-electron chi connectivity index (χ3n) is 2.82. The molecule has 1 heterocycles. The minimum Gasteiger partial charge on any atom is -0.502 e. The number of aromatic nitrogens is 2. The number of nitriles is 1. The molecule has 0 radical (unpaired) electrons. The van der Waals surface area contributed by atoms with Crippen LogP contribution in [-0.4, -0.2) is 29.3 Å². The normalized spacial score (nSPS) is 9.95. The van der Waals surface area contributed by atoms with Gasteiger partial charge in [0.1, 0.15) is 17.5 Å². The van der Waals surface area contributed by atoms with Crippen LogP contribution in [0.2, 0.25) is 0 Å². The third-order valence-corrected chi connectivity index (χ3v) is 2.82. The lowest BCUT2D eigenvalue weighted by atomic mass is 10.1. The van der Waals surface area contributed by atoms with Crippen molar-refractivity contribution in [2.24, 2.45) is 0 Å². The van der Waals surface area contributed by atoms with Crippen LogP contribution in [0.3, 0.4) is 0 Å². The van der Waals surface area contributed by atoms with Crippen LogP contribution in [0.4, 0.5) is 11.8 Å². The topological polar surface area (TPSA) is 140 Å². The number of hydrogen-bond acceptors (Lipinski definition) is 8. The van der Waals surface area contributed by atoms with E-state index in [0.717, 1.165) is 0 Å². The molecule has 8 heteroatoms. The van der Waals surface area contributed by atoms with Crippen LogP contribution < -0.4 is 20.9 Å². The lowest BCUT2D eigenvalue weighted by molar-refractivity contribution is 0.340. The zero-order chi connectivity index (χ0) is 15.6. The number of ether oxygens (including phenoxy) is 2. The number of nitrogens with zero attached hydrogens (tertiary/aromatic N) is 3. The highest BCUT2D eigenvalue weighted by Gasteiger charge is 2.18. The van der Waals surface area contributed by atoms with Crippen molar-refractivity contribution in [3.05, 3.63) is 17.7 Å². The fourth-order valence-electron chi connectivity index (χ4n) is 1.85. The number of methoxy groups -OCH3 is 2. The van der Waals surface area contributed by atoms with E-state index in [1.807, 2.05) is 6.07 Å². The number of phenols is 1. The first-order valence-corrected chi connectivity index (χ1v) is 5.80. The number of aromatic hydroxyl groups is 1. The minimum absolute atomic E-state index is 0.0222. The Hall–Kier alpha value is -3.21. The molecule has 108 valence electrons. The summed E-state index contributed by atoms with van der Waals surface area (Å²) < 4.78 is 10.1. The molecule has 2 rings (SSSR count). The van der Waals surface area contributed by atoms with Crippen LogP contribution in [0.15, 0.2) is 12.1 Å². The van der Waals surface area contributed by atoms with E-state index in [-0.39, 0.29) is 40.3 Å². The highest BCUT2D eigenvalue weighted by Crippen LogP contribution is 2.40. The molecule has 1 aromatic carbocycles. The molecule has 0 aliphatic carbocycles. The van der Waals surface area contributed by atoms with Gasteiger partial charge in [-0.25, -0.2) is 4.98 Å². The molecule has 0 amide bonds. The van der Waals surface area contributed by atoms with Gasteiger partial charge in [-0.3, -0.25) is 0 Å². The van der Waals surface area contributed by atoms with E-state index in [0.29, 0.717) is 5.56 Å². The average Bonchev–Trinajstić information content (AvgIpc) is 2.46. The molecule has 0 saturated carbocycles. The molecule has 0 aliphatic rings. The number of hydrogen-bond donors (Lipinski definition) is 3. The van der Waals surface area contributed by atoms with Crippen molar-refractivity contribution in [1.82, 2.24) is 9.97 Å². The maximum atomic E-state index is 9.90. The van der Waals surface area contributed by atoms with E-state index in [2.05, 4.69) is 9.97 Å². The van der Waals surface area contributed by atoms with Crippen molar-refractivity contribution < 1.29 is 14.6 Å². The Morgan fingerprint density at radius 1 is 1.14 bits per heavy atom. The zero-order valence-corrected chi connectivity index (χ0v) is 11.4. The second-order valence-electron chi connectivity index (χ2n) is 4.03. The summed E-state index contributed by atoms with van der Waals surface area (Å²) in [6.45, 7) is 0. The summed E-state index contributed by atoms with van der Waals surface area (Å²) in [7, 11) is 2.79. The summed E-state index contributed by atoms with van der Waals surface area (Å²) >= 11 is 0. The molecule has 0 unspecified atom stereocenters. The van der Waals surface area contributed by atoms with Crippen molar-refractivity contribution in [1.29, 1.82) is 5.26 Å². The number of nitrogens with two attached hydrogens (primary N) is 2. The fraction of sp³-hybridized carbons (Fsp3) is 0.154. The number of rotatable bonds is 3. The van der Waals surface area contributed by atoms with Gasteiger partial charge in [-0.2, -0.15) is 10.2 Å². The summed E-state index contributed by atoms with van der Waals surface area (Å²) in [4.78, 5) is 7.77. The number of nitrogen functional groups attached to an aromatic ring is 2.